The first-order valence-corrected chi connectivity index (χ1v) is 7.86. The molecule has 0 bridgehead atoms. The molecule has 0 aromatic heterocycles. The standard InChI is InChI=1S/C17H25F3O/c1-11(2)13-7-8-16(12(3)9-13)21-15-6-4-5-14(10-15)17(18,19)20/h4,6,11,13-15H,5,7-10H2,1-3H3. The van der Waals surface area contributed by atoms with Gasteiger partial charge in [0.2, 0.25) is 0 Å². The molecule has 0 amide bonds. The molecule has 3 atom stereocenters. The van der Waals surface area contributed by atoms with E-state index in [0.29, 0.717) is 11.8 Å². The van der Waals surface area contributed by atoms with Gasteiger partial charge < -0.3 is 4.74 Å². The molecule has 0 saturated heterocycles. The molecule has 0 radical (unpaired) electrons. The van der Waals surface area contributed by atoms with Gasteiger partial charge in [-0.05, 0) is 56.1 Å². The molecule has 0 N–H and O–H groups in total. The van der Waals surface area contributed by atoms with Crippen LogP contribution in [0, 0.1) is 17.8 Å². The minimum atomic E-state index is -4.12. The summed E-state index contributed by atoms with van der Waals surface area (Å²) in [7, 11) is 0. The predicted octanol–water partition coefficient (Wildman–Crippen LogP) is 5.63. The molecule has 1 nitrogen and oxygen atoms in total. The van der Waals surface area contributed by atoms with Gasteiger partial charge >= 0.3 is 6.18 Å². The van der Waals surface area contributed by atoms with Crippen LogP contribution in [0.25, 0.3) is 0 Å². The summed E-state index contributed by atoms with van der Waals surface area (Å²) in [6, 6.07) is 0. The lowest BCUT2D eigenvalue weighted by atomic mass is 9.81. The van der Waals surface area contributed by atoms with Crippen molar-refractivity contribution >= 4 is 0 Å². The van der Waals surface area contributed by atoms with E-state index >= 15 is 0 Å². The highest BCUT2D eigenvalue weighted by Crippen LogP contribution is 2.39. The number of hydrogen-bond donors (Lipinski definition) is 0. The molecule has 2 aliphatic rings. The lowest BCUT2D eigenvalue weighted by Crippen LogP contribution is -2.30. The summed E-state index contributed by atoms with van der Waals surface area (Å²) < 4.78 is 44.3. The van der Waals surface area contributed by atoms with E-state index in [-0.39, 0.29) is 12.8 Å². The molecule has 120 valence electrons. The molecule has 0 aromatic rings. The first-order chi connectivity index (χ1) is 9.77. The highest BCUT2D eigenvalue weighted by molar-refractivity contribution is 5.13. The first kappa shape index (κ1) is 16.4. The summed E-state index contributed by atoms with van der Waals surface area (Å²) in [5, 5.41) is 0. The van der Waals surface area contributed by atoms with E-state index in [0.717, 1.165) is 25.0 Å². The summed E-state index contributed by atoms with van der Waals surface area (Å²) >= 11 is 0. The van der Waals surface area contributed by atoms with Gasteiger partial charge in [-0.15, -0.1) is 0 Å². The van der Waals surface area contributed by atoms with Gasteiger partial charge in [0, 0.05) is 6.42 Å². The molecule has 4 heteroatoms. The summed E-state index contributed by atoms with van der Waals surface area (Å²) in [5.74, 6) is 0.970. The van der Waals surface area contributed by atoms with E-state index in [1.807, 2.05) is 0 Å². The van der Waals surface area contributed by atoms with Crippen LogP contribution in [0.15, 0.2) is 23.5 Å². The molecule has 21 heavy (non-hydrogen) atoms. The zero-order valence-electron chi connectivity index (χ0n) is 13.0. The fourth-order valence-corrected chi connectivity index (χ4v) is 3.25. The van der Waals surface area contributed by atoms with E-state index in [1.54, 1.807) is 12.2 Å². The van der Waals surface area contributed by atoms with E-state index in [4.69, 9.17) is 4.74 Å². The maximum atomic E-state index is 12.8. The Morgan fingerprint density at radius 3 is 2.57 bits per heavy atom. The number of halogens is 3. The molecule has 0 fully saturated rings. The van der Waals surface area contributed by atoms with Crippen molar-refractivity contribution < 1.29 is 17.9 Å². The molecular weight excluding hydrogens is 277 g/mol. The minimum Gasteiger partial charge on any atom is -0.491 e. The topological polar surface area (TPSA) is 9.23 Å². The molecular formula is C17H25F3O. The number of allylic oxidation sites excluding steroid dienone is 3. The average molecular weight is 302 g/mol. The van der Waals surface area contributed by atoms with Crippen LogP contribution in [0.4, 0.5) is 13.2 Å². The maximum absolute atomic E-state index is 12.8. The Morgan fingerprint density at radius 1 is 1.29 bits per heavy atom. The lowest BCUT2D eigenvalue weighted by Gasteiger charge is -2.32. The van der Waals surface area contributed by atoms with Crippen molar-refractivity contribution in [3.63, 3.8) is 0 Å². The predicted molar refractivity (Wildman–Crippen MR) is 77.7 cm³/mol. The van der Waals surface area contributed by atoms with Crippen LogP contribution in [0.1, 0.15) is 52.9 Å². The largest absolute Gasteiger partial charge is 0.491 e. The van der Waals surface area contributed by atoms with Crippen molar-refractivity contribution in [3.8, 4) is 0 Å². The Balaban J connectivity index is 1.97. The average Bonchev–Trinajstić information content (AvgIpc) is 2.40. The molecule has 0 aliphatic heterocycles. The van der Waals surface area contributed by atoms with Crippen LogP contribution in [0.5, 0.6) is 0 Å². The second kappa shape index (κ2) is 6.45. The van der Waals surface area contributed by atoms with Crippen LogP contribution < -0.4 is 0 Å². The minimum absolute atomic E-state index is 0.0460. The monoisotopic (exact) mass is 302 g/mol. The lowest BCUT2D eigenvalue weighted by molar-refractivity contribution is -0.181. The fraction of sp³-hybridized carbons (Fsp3) is 0.765. The van der Waals surface area contributed by atoms with Gasteiger partial charge in [-0.2, -0.15) is 13.2 Å². The van der Waals surface area contributed by atoms with Crippen LogP contribution in [0.2, 0.25) is 0 Å². The smallest absolute Gasteiger partial charge is 0.392 e. The number of alkyl halides is 3. The Labute approximate surface area is 125 Å². The van der Waals surface area contributed by atoms with Crippen molar-refractivity contribution in [2.24, 2.45) is 17.8 Å². The quantitative estimate of drug-likeness (QED) is 0.614. The van der Waals surface area contributed by atoms with Gasteiger partial charge in [0.15, 0.2) is 0 Å². The van der Waals surface area contributed by atoms with Crippen molar-refractivity contribution in [3.05, 3.63) is 23.5 Å². The third-order valence-corrected chi connectivity index (χ3v) is 4.77. The Hall–Kier alpha value is -0.930. The highest BCUT2D eigenvalue weighted by atomic mass is 19.4. The third-order valence-electron chi connectivity index (χ3n) is 4.77. The van der Waals surface area contributed by atoms with E-state index < -0.39 is 18.2 Å². The third kappa shape index (κ3) is 4.27. The van der Waals surface area contributed by atoms with E-state index in [2.05, 4.69) is 20.8 Å². The SMILES string of the molecule is CC1=C(OC2C=CCC(C(F)(F)F)C2)CCC(C(C)C)C1. The van der Waals surface area contributed by atoms with Gasteiger partial charge in [0.25, 0.3) is 0 Å². The Morgan fingerprint density at radius 2 is 2.00 bits per heavy atom. The Bertz CT molecular complexity index is 420. The van der Waals surface area contributed by atoms with E-state index in [9.17, 15) is 13.2 Å². The van der Waals surface area contributed by atoms with Gasteiger partial charge in [-0.3, -0.25) is 0 Å². The molecule has 3 unspecified atom stereocenters. The van der Waals surface area contributed by atoms with Gasteiger partial charge in [0.1, 0.15) is 6.10 Å². The summed E-state index contributed by atoms with van der Waals surface area (Å²) in [4.78, 5) is 0. The van der Waals surface area contributed by atoms with Crippen molar-refractivity contribution in [1.29, 1.82) is 0 Å². The summed E-state index contributed by atoms with van der Waals surface area (Å²) in [6.45, 7) is 6.50. The van der Waals surface area contributed by atoms with E-state index in [1.165, 1.54) is 5.57 Å². The molecule has 0 heterocycles. The fourth-order valence-electron chi connectivity index (χ4n) is 3.25. The van der Waals surface area contributed by atoms with Gasteiger partial charge in [-0.25, -0.2) is 0 Å². The van der Waals surface area contributed by atoms with Crippen LogP contribution in [-0.2, 0) is 4.74 Å². The second-order valence-corrected chi connectivity index (χ2v) is 6.74. The Kier molecular flexibility index (Phi) is 5.05. The molecule has 0 aromatic carbocycles. The van der Waals surface area contributed by atoms with Gasteiger partial charge in [0.05, 0.1) is 11.7 Å². The van der Waals surface area contributed by atoms with Crippen molar-refractivity contribution in [1.82, 2.24) is 0 Å². The summed E-state index contributed by atoms with van der Waals surface area (Å²) in [6.07, 6.45) is 1.92. The van der Waals surface area contributed by atoms with Crippen LogP contribution in [-0.4, -0.2) is 12.3 Å². The van der Waals surface area contributed by atoms with Crippen molar-refractivity contribution in [2.45, 2.75) is 65.2 Å². The molecule has 2 rings (SSSR count). The highest BCUT2D eigenvalue weighted by Gasteiger charge is 2.41. The molecule has 0 spiro atoms. The first-order valence-electron chi connectivity index (χ1n) is 7.86. The zero-order valence-corrected chi connectivity index (χ0v) is 13.0. The van der Waals surface area contributed by atoms with Crippen molar-refractivity contribution in [2.75, 3.05) is 0 Å². The summed E-state index contributed by atoms with van der Waals surface area (Å²) in [5.41, 5.74) is 1.21. The normalized spacial score (nSPS) is 30.9. The second-order valence-electron chi connectivity index (χ2n) is 6.74. The number of ether oxygens (including phenoxy) is 1. The zero-order chi connectivity index (χ0) is 15.6. The molecule has 2 aliphatic carbocycles. The molecule has 0 saturated carbocycles. The van der Waals surface area contributed by atoms with Crippen LogP contribution >= 0.6 is 0 Å². The maximum Gasteiger partial charge on any atom is 0.392 e. The number of hydrogen-bond acceptors (Lipinski definition) is 1. The number of rotatable bonds is 3. The van der Waals surface area contributed by atoms with Crippen LogP contribution in [0.3, 0.4) is 0 Å². The van der Waals surface area contributed by atoms with Gasteiger partial charge in [-0.1, -0.05) is 19.9 Å².